The average molecular weight is 489 g/mol. The van der Waals surface area contributed by atoms with Crippen LogP contribution in [-0.4, -0.2) is 39.4 Å². The standard InChI is InChI=1S/C17H26F3N3O2.HI/c1-12(2)7-8-22-16(21-3)23-10-13-5-6-14(15(9-13)24-4)25-11-17(18,19)20;/h5-6,9,12H,7-8,10-11H2,1-4H3,(H2,21,22,23);1H. The number of rotatable bonds is 8. The fourth-order valence-electron chi connectivity index (χ4n) is 1.99. The van der Waals surface area contributed by atoms with Crippen molar-refractivity contribution in [3.63, 3.8) is 0 Å². The van der Waals surface area contributed by atoms with Crippen LogP contribution in [0.15, 0.2) is 23.2 Å². The van der Waals surface area contributed by atoms with E-state index in [0.29, 0.717) is 18.4 Å². The third-order valence-electron chi connectivity index (χ3n) is 3.32. The van der Waals surface area contributed by atoms with Gasteiger partial charge in [-0.05, 0) is 30.0 Å². The first kappa shape index (κ1) is 24.6. The lowest BCUT2D eigenvalue weighted by molar-refractivity contribution is -0.153. The maximum Gasteiger partial charge on any atom is 0.422 e. The fourth-order valence-corrected chi connectivity index (χ4v) is 1.99. The van der Waals surface area contributed by atoms with E-state index in [9.17, 15) is 13.2 Å². The molecule has 150 valence electrons. The number of nitrogens with one attached hydrogen (secondary N) is 2. The molecule has 0 aliphatic carbocycles. The van der Waals surface area contributed by atoms with E-state index in [2.05, 4.69) is 29.5 Å². The third kappa shape index (κ3) is 9.93. The van der Waals surface area contributed by atoms with Crippen molar-refractivity contribution in [3.05, 3.63) is 23.8 Å². The summed E-state index contributed by atoms with van der Waals surface area (Å²) in [4.78, 5) is 4.13. The summed E-state index contributed by atoms with van der Waals surface area (Å²) >= 11 is 0. The Morgan fingerprint density at radius 1 is 1.19 bits per heavy atom. The van der Waals surface area contributed by atoms with Gasteiger partial charge in [0.25, 0.3) is 0 Å². The summed E-state index contributed by atoms with van der Waals surface area (Å²) in [6.07, 6.45) is -3.36. The van der Waals surface area contributed by atoms with Crippen LogP contribution in [0, 0.1) is 5.92 Å². The molecule has 0 heterocycles. The molecule has 0 atom stereocenters. The predicted molar refractivity (Wildman–Crippen MR) is 108 cm³/mol. The Morgan fingerprint density at radius 2 is 1.88 bits per heavy atom. The zero-order chi connectivity index (χ0) is 18.9. The molecule has 0 radical (unpaired) electrons. The number of guanidine groups is 1. The normalized spacial score (nSPS) is 11.8. The Hall–Kier alpha value is -1.39. The molecular formula is C17H27F3IN3O2. The van der Waals surface area contributed by atoms with Crippen molar-refractivity contribution in [3.8, 4) is 11.5 Å². The zero-order valence-electron chi connectivity index (χ0n) is 15.4. The van der Waals surface area contributed by atoms with Crippen molar-refractivity contribution in [2.75, 3.05) is 27.3 Å². The van der Waals surface area contributed by atoms with Gasteiger partial charge in [0, 0.05) is 20.1 Å². The summed E-state index contributed by atoms with van der Waals surface area (Å²) in [7, 11) is 3.07. The van der Waals surface area contributed by atoms with Crippen LogP contribution in [0.5, 0.6) is 11.5 Å². The van der Waals surface area contributed by atoms with Crippen LogP contribution < -0.4 is 20.1 Å². The minimum Gasteiger partial charge on any atom is -0.493 e. The summed E-state index contributed by atoms with van der Waals surface area (Å²) in [6, 6.07) is 4.79. The maximum atomic E-state index is 12.3. The van der Waals surface area contributed by atoms with E-state index in [-0.39, 0.29) is 35.5 Å². The molecule has 1 aromatic carbocycles. The molecule has 0 unspecified atom stereocenters. The Morgan fingerprint density at radius 3 is 2.42 bits per heavy atom. The van der Waals surface area contributed by atoms with E-state index < -0.39 is 12.8 Å². The first-order valence-corrected chi connectivity index (χ1v) is 8.06. The molecule has 5 nitrogen and oxygen atoms in total. The average Bonchev–Trinajstić information content (AvgIpc) is 2.55. The van der Waals surface area contributed by atoms with Crippen molar-refractivity contribution in [1.29, 1.82) is 0 Å². The van der Waals surface area contributed by atoms with Crippen LogP contribution in [-0.2, 0) is 6.54 Å². The highest BCUT2D eigenvalue weighted by Gasteiger charge is 2.29. The molecule has 9 heteroatoms. The Bertz CT molecular complexity index is 567. The SMILES string of the molecule is CN=C(NCCC(C)C)NCc1ccc(OCC(F)(F)F)c(OC)c1.I. The summed E-state index contributed by atoms with van der Waals surface area (Å²) in [5.41, 5.74) is 0.836. The van der Waals surface area contributed by atoms with Gasteiger partial charge in [-0.25, -0.2) is 0 Å². The van der Waals surface area contributed by atoms with Crippen LogP contribution >= 0.6 is 24.0 Å². The Kier molecular flexibility index (Phi) is 11.4. The van der Waals surface area contributed by atoms with Gasteiger partial charge in [0.2, 0.25) is 0 Å². The Labute approximate surface area is 169 Å². The number of hydrogen-bond donors (Lipinski definition) is 2. The molecule has 0 aliphatic rings. The number of benzene rings is 1. The van der Waals surface area contributed by atoms with Gasteiger partial charge in [0.05, 0.1) is 7.11 Å². The van der Waals surface area contributed by atoms with E-state index in [1.807, 2.05) is 0 Å². The number of hydrogen-bond acceptors (Lipinski definition) is 3. The first-order chi connectivity index (χ1) is 11.7. The van der Waals surface area contributed by atoms with Crippen molar-refractivity contribution < 1.29 is 22.6 Å². The van der Waals surface area contributed by atoms with Gasteiger partial charge in [0.15, 0.2) is 24.1 Å². The quantitative estimate of drug-likeness (QED) is 0.330. The fraction of sp³-hybridized carbons (Fsp3) is 0.588. The number of alkyl halides is 3. The highest BCUT2D eigenvalue weighted by Crippen LogP contribution is 2.29. The summed E-state index contributed by atoms with van der Waals surface area (Å²) in [5.74, 6) is 1.57. The van der Waals surface area contributed by atoms with Crippen molar-refractivity contribution >= 4 is 29.9 Å². The minimum absolute atomic E-state index is 0. The van der Waals surface area contributed by atoms with E-state index in [4.69, 9.17) is 9.47 Å². The van der Waals surface area contributed by atoms with Crippen LogP contribution in [0.2, 0.25) is 0 Å². The van der Waals surface area contributed by atoms with Gasteiger partial charge < -0.3 is 20.1 Å². The minimum atomic E-state index is -4.39. The summed E-state index contributed by atoms with van der Waals surface area (Å²) in [5, 5.41) is 6.35. The molecule has 0 fully saturated rings. The maximum absolute atomic E-state index is 12.3. The molecule has 0 saturated carbocycles. The van der Waals surface area contributed by atoms with Gasteiger partial charge in [-0.2, -0.15) is 13.2 Å². The molecule has 0 aromatic heterocycles. The second kappa shape index (κ2) is 12.1. The molecule has 0 saturated heterocycles. The number of methoxy groups -OCH3 is 1. The van der Waals surface area contributed by atoms with Crippen molar-refractivity contribution in [1.82, 2.24) is 10.6 Å². The monoisotopic (exact) mass is 489 g/mol. The van der Waals surface area contributed by atoms with E-state index in [1.54, 1.807) is 19.2 Å². The third-order valence-corrected chi connectivity index (χ3v) is 3.32. The van der Waals surface area contributed by atoms with Gasteiger partial charge in [0.1, 0.15) is 0 Å². The van der Waals surface area contributed by atoms with Gasteiger partial charge >= 0.3 is 6.18 Å². The van der Waals surface area contributed by atoms with Gasteiger partial charge in [-0.15, -0.1) is 24.0 Å². The zero-order valence-corrected chi connectivity index (χ0v) is 17.8. The van der Waals surface area contributed by atoms with Crippen LogP contribution in [0.4, 0.5) is 13.2 Å². The molecule has 0 aliphatic heterocycles. The first-order valence-electron chi connectivity index (χ1n) is 8.06. The smallest absolute Gasteiger partial charge is 0.422 e. The van der Waals surface area contributed by atoms with Crippen molar-refractivity contribution in [2.24, 2.45) is 10.9 Å². The summed E-state index contributed by atoms with van der Waals surface area (Å²) < 4.78 is 46.7. The highest BCUT2D eigenvalue weighted by molar-refractivity contribution is 14.0. The Balaban J connectivity index is 0.00000625. The van der Waals surface area contributed by atoms with E-state index in [1.165, 1.54) is 13.2 Å². The van der Waals surface area contributed by atoms with E-state index in [0.717, 1.165) is 18.5 Å². The number of aliphatic imine (C=N–C) groups is 1. The molecule has 0 bridgehead atoms. The van der Waals surface area contributed by atoms with Crippen molar-refractivity contribution in [2.45, 2.75) is 33.0 Å². The molecule has 1 aromatic rings. The largest absolute Gasteiger partial charge is 0.493 e. The van der Waals surface area contributed by atoms with Crippen LogP contribution in [0.1, 0.15) is 25.8 Å². The molecular weight excluding hydrogens is 462 g/mol. The lowest BCUT2D eigenvalue weighted by Crippen LogP contribution is -2.37. The summed E-state index contributed by atoms with van der Waals surface area (Å²) in [6.45, 7) is 4.20. The van der Waals surface area contributed by atoms with Crippen LogP contribution in [0.25, 0.3) is 0 Å². The number of ether oxygens (including phenoxy) is 2. The molecule has 0 spiro atoms. The van der Waals surface area contributed by atoms with Crippen LogP contribution in [0.3, 0.4) is 0 Å². The van der Waals surface area contributed by atoms with Gasteiger partial charge in [-0.1, -0.05) is 19.9 Å². The van der Waals surface area contributed by atoms with E-state index >= 15 is 0 Å². The molecule has 2 N–H and O–H groups in total. The molecule has 1 rings (SSSR count). The highest BCUT2D eigenvalue weighted by atomic mass is 127. The lowest BCUT2D eigenvalue weighted by Gasteiger charge is -2.15. The predicted octanol–water partition coefficient (Wildman–Crippen LogP) is 3.97. The second-order valence-electron chi connectivity index (χ2n) is 5.92. The number of nitrogens with zero attached hydrogens (tertiary/aromatic N) is 1. The molecule has 26 heavy (non-hydrogen) atoms. The number of halogens is 4. The van der Waals surface area contributed by atoms with Gasteiger partial charge in [-0.3, -0.25) is 4.99 Å². The second-order valence-corrected chi connectivity index (χ2v) is 5.92. The molecule has 0 amide bonds. The lowest BCUT2D eigenvalue weighted by atomic mass is 10.1. The topological polar surface area (TPSA) is 54.9 Å².